The molecule has 1 aromatic heterocycles. The molecule has 4 aromatic rings. The zero-order chi connectivity index (χ0) is 21.6. The molecule has 3 aromatic carbocycles. The number of aromatic nitrogens is 1. The molecule has 0 aliphatic rings. The predicted octanol–water partition coefficient (Wildman–Crippen LogP) is 6.82. The lowest BCUT2D eigenvalue weighted by Crippen LogP contribution is -2.11. The van der Waals surface area contributed by atoms with Crippen LogP contribution < -0.4 is 10.7 Å². The van der Waals surface area contributed by atoms with Gasteiger partial charge in [0.2, 0.25) is 5.13 Å². The fraction of sp³-hybridized carbons (Fsp3) is 0. The summed E-state index contributed by atoms with van der Waals surface area (Å²) in [6.07, 6.45) is 1.65. The van der Waals surface area contributed by atoms with Crippen LogP contribution in [0.3, 0.4) is 0 Å². The van der Waals surface area contributed by atoms with Crippen molar-refractivity contribution >= 4 is 56.8 Å². The lowest BCUT2D eigenvalue weighted by Gasteiger charge is -2.05. The van der Waals surface area contributed by atoms with Gasteiger partial charge in [0.15, 0.2) is 0 Å². The number of anilines is 2. The third kappa shape index (κ3) is 5.49. The van der Waals surface area contributed by atoms with Crippen LogP contribution in [0.15, 0.2) is 84.0 Å². The first kappa shape index (κ1) is 21.1. The molecule has 0 unspecified atom stereocenters. The summed E-state index contributed by atoms with van der Waals surface area (Å²) in [6, 6.07) is 23.7. The van der Waals surface area contributed by atoms with E-state index in [1.807, 2.05) is 48.5 Å². The summed E-state index contributed by atoms with van der Waals surface area (Å²) < 4.78 is 0. The number of thiazole rings is 1. The molecule has 5 nitrogen and oxygen atoms in total. The first-order valence-corrected chi connectivity index (χ1v) is 10.8. The quantitative estimate of drug-likeness (QED) is 0.242. The Balaban J connectivity index is 1.58. The Bertz CT molecular complexity index is 1220. The fourth-order valence-electron chi connectivity index (χ4n) is 2.77. The molecule has 0 radical (unpaired) electrons. The zero-order valence-electron chi connectivity index (χ0n) is 16.0. The minimum Gasteiger partial charge on any atom is -0.312 e. The topological polar surface area (TPSA) is 66.4 Å². The Morgan fingerprint density at radius 1 is 0.935 bits per heavy atom. The summed E-state index contributed by atoms with van der Waals surface area (Å²) >= 11 is 13.2. The first-order valence-electron chi connectivity index (χ1n) is 9.26. The molecule has 1 heterocycles. The minimum atomic E-state index is -0.244. The van der Waals surface area contributed by atoms with Crippen LogP contribution in [0.25, 0.3) is 11.3 Å². The third-order valence-corrected chi connectivity index (χ3v) is 5.59. The van der Waals surface area contributed by atoms with Crippen LogP contribution >= 0.6 is 34.5 Å². The summed E-state index contributed by atoms with van der Waals surface area (Å²) in [5.41, 5.74) is 5.84. The average molecular weight is 467 g/mol. The highest BCUT2D eigenvalue weighted by molar-refractivity contribution is 7.20. The van der Waals surface area contributed by atoms with Gasteiger partial charge in [-0.05, 0) is 42.0 Å². The monoisotopic (exact) mass is 466 g/mol. The molecular weight excluding hydrogens is 451 g/mol. The number of amides is 1. The van der Waals surface area contributed by atoms with Gasteiger partial charge < -0.3 is 5.32 Å². The Morgan fingerprint density at radius 2 is 1.71 bits per heavy atom. The summed E-state index contributed by atoms with van der Waals surface area (Å²) in [5, 5.41) is 9.55. The molecule has 0 saturated carbocycles. The Kier molecular flexibility index (Phi) is 6.62. The van der Waals surface area contributed by atoms with Crippen LogP contribution in [0.4, 0.5) is 10.1 Å². The van der Waals surface area contributed by atoms with E-state index in [0.29, 0.717) is 31.4 Å². The lowest BCUT2D eigenvalue weighted by molar-refractivity contribution is 0.102. The Labute approximate surface area is 193 Å². The van der Waals surface area contributed by atoms with Crippen molar-refractivity contribution in [3.63, 3.8) is 0 Å². The van der Waals surface area contributed by atoms with Crippen molar-refractivity contribution in [2.45, 2.75) is 0 Å². The molecule has 154 valence electrons. The van der Waals surface area contributed by atoms with Gasteiger partial charge in [-0.3, -0.25) is 10.2 Å². The van der Waals surface area contributed by atoms with Crippen molar-refractivity contribution in [3.8, 4) is 11.3 Å². The highest BCUT2D eigenvalue weighted by Gasteiger charge is 2.16. The second-order valence-electron chi connectivity index (χ2n) is 6.45. The van der Waals surface area contributed by atoms with Gasteiger partial charge in [0.05, 0.1) is 6.21 Å². The second-order valence-corrected chi connectivity index (χ2v) is 8.32. The van der Waals surface area contributed by atoms with Crippen molar-refractivity contribution in [3.05, 3.63) is 100 Å². The Morgan fingerprint density at radius 3 is 2.45 bits per heavy atom. The molecule has 0 fully saturated rings. The molecule has 1 amide bonds. The number of benzene rings is 3. The maximum absolute atomic E-state index is 12.7. The van der Waals surface area contributed by atoms with Crippen LogP contribution in [0.5, 0.6) is 0 Å². The highest BCUT2D eigenvalue weighted by atomic mass is 35.5. The average Bonchev–Trinajstić information content (AvgIpc) is 3.17. The summed E-state index contributed by atoms with van der Waals surface area (Å²) in [5.74, 6) is -0.244. The highest BCUT2D eigenvalue weighted by Crippen LogP contribution is 2.36. The van der Waals surface area contributed by atoms with Gasteiger partial charge in [-0.2, -0.15) is 5.10 Å². The van der Waals surface area contributed by atoms with Gasteiger partial charge in [-0.25, -0.2) is 4.98 Å². The van der Waals surface area contributed by atoms with Crippen LogP contribution in [0.2, 0.25) is 10.0 Å². The number of carbonyl (C=O) groups is 1. The van der Waals surface area contributed by atoms with E-state index >= 15 is 0 Å². The number of hydrogen-bond acceptors (Lipinski definition) is 5. The predicted molar refractivity (Wildman–Crippen MR) is 130 cm³/mol. The van der Waals surface area contributed by atoms with Crippen molar-refractivity contribution < 1.29 is 4.79 Å². The molecule has 0 aliphatic carbocycles. The number of nitrogens with zero attached hydrogens (tertiary/aromatic N) is 2. The van der Waals surface area contributed by atoms with Crippen LogP contribution in [0, 0.1) is 0 Å². The van der Waals surface area contributed by atoms with Crippen molar-refractivity contribution in [2.24, 2.45) is 5.10 Å². The number of halogens is 2. The van der Waals surface area contributed by atoms with Gasteiger partial charge >= 0.3 is 0 Å². The molecule has 0 atom stereocenters. The number of carbonyl (C=O) groups excluding carboxylic acids is 1. The van der Waals surface area contributed by atoms with Gasteiger partial charge in [0, 0.05) is 21.2 Å². The number of rotatable bonds is 6. The van der Waals surface area contributed by atoms with Crippen molar-refractivity contribution in [1.82, 2.24) is 4.98 Å². The summed E-state index contributed by atoms with van der Waals surface area (Å²) in [7, 11) is 0. The zero-order valence-corrected chi connectivity index (χ0v) is 18.4. The molecule has 0 saturated heterocycles. The third-order valence-electron chi connectivity index (χ3n) is 4.23. The Hall–Kier alpha value is -3.19. The molecule has 31 heavy (non-hydrogen) atoms. The standard InChI is InChI=1S/C23H16Cl2N4OS/c24-18-11-9-17(10-12-18)21(30)28-22-20(16-6-2-1-3-7-16)27-23(31-22)29-26-14-15-5-4-8-19(25)13-15/h1-14H,(H,27,29)(H,28,30). The van der Waals surface area contributed by atoms with Crippen LogP contribution in [-0.4, -0.2) is 17.1 Å². The minimum absolute atomic E-state index is 0.244. The summed E-state index contributed by atoms with van der Waals surface area (Å²) in [6.45, 7) is 0. The second kappa shape index (κ2) is 9.75. The van der Waals surface area contributed by atoms with E-state index in [9.17, 15) is 4.79 Å². The summed E-state index contributed by atoms with van der Waals surface area (Å²) in [4.78, 5) is 17.3. The van der Waals surface area contributed by atoms with Crippen molar-refractivity contribution in [1.29, 1.82) is 0 Å². The molecular formula is C23H16Cl2N4OS. The molecule has 0 bridgehead atoms. The lowest BCUT2D eigenvalue weighted by atomic mass is 10.1. The van der Waals surface area contributed by atoms with E-state index < -0.39 is 0 Å². The van der Waals surface area contributed by atoms with E-state index in [-0.39, 0.29) is 5.91 Å². The van der Waals surface area contributed by atoms with Crippen molar-refractivity contribution in [2.75, 3.05) is 10.7 Å². The largest absolute Gasteiger partial charge is 0.312 e. The van der Waals surface area contributed by atoms with Gasteiger partial charge in [-0.1, -0.05) is 77.0 Å². The van der Waals surface area contributed by atoms with E-state index in [1.54, 1.807) is 36.5 Å². The van der Waals surface area contributed by atoms with Gasteiger partial charge in [0.1, 0.15) is 10.7 Å². The number of hydrazone groups is 1. The number of nitrogens with one attached hydrogen (secondary N) is 2. The molecule has 8 heteroatoms. The first-order chi connectivity index (χ1) is 15.1. The SMILES string of the molecule is O=C(Nc1sc(NN=Cc2cccc(Cl)c2)nc1-c1ccccc1)c1ccc(Cl)cc1. The van der Waals surface area contributed by atoms with Crippen LogP contribution in [-0.2, 0) is 0 Å². The molecule has 0 spiro atoms. The smallest absolute Gasteiger partial charge is 0.256 e. The maximum Gasteiger partial charge on any atom is 0.256 e. The molecule has 0 aliphatic heterocycles. The van der Waals surface area contributed by atoms with E-state index in [1.165, 1.54) is 11.3 Å². The fourth-order valence-corrected chi connectivity index (χ4v) is 3.93. The maximum atomic E-state index is 12.7. The normalized spacial score (nSPS) is 10.9. The number of hydrogen-bond donors (Lipinski definition) is 2. The van der Waals surface area contributed by atoms with Gasteiger partial charge in [0.25, 0.3) is 5.91 Å². The van der Waals surface area contributed by atoms with E-state index in [0.717, 1.165) is 11.1 Å². The van der Waals surface area contributed by atoms with E-state index in [4.69, 9.17) is 23.2 Å². The molecule has 4 rings (SSSR count). The van der Waals surface area contributed by atoms with E-state index in [2.05, 4.69) is 20.8 Å². The molecule has 2 N–H and O–H groups in total. The van der Waals surface area contributed by atoms with Gasteiger partial charge in [-0.15, -0.1) is 0 Å². The van der Waals surface area contributed by atoms with Crippen LogP contribution in [0.1, 0.15) is 15.9 Å².